The molecule has 1 aromatic heterocycles. The van der Waals surface area contributed by atoms with Crippen LogP contribution >= 0.6 is 11.3 Å². The molecule has 0 spiro atoms. The Hall–Kier alpha value is -0.340. The van der Waals surface area contributed by atoms with Gasteiger partial charge in [0.1, 0.15) is 0 Å². The summed E-state index contributed by atoms with van der Waals surface area (Å²) in [7, 11) is 0. The normalized spacial score (nSPS) is 17.9. The maximum absolute atomic E-state index is 5.79. The topological polar surface area (TPSA) is 26.0 Å². The average Bonchev–Trinajstić information content (AvgIpc) is 2.58. The van der Waals surface area contributed by atoms with Crippen LogP contribution in [0.2, 0.25) is 0 Å². The first-order valence-corrected chi connectivity index (χ1v) is 6.49. The highest BCUT2D eigenvalue weighted by Gasteiger charge is 2.15. The smallest absolute Gasteiger partial charge is 0.00800 e. The molecule has 1 atom stereocenters. The quantitative estimate of drug-likeness (QED) is 0.814. The molecular weight excluding hydrogens is 190 g/mol. The number of hydrogen-bond donors (Lipinski definition) is 1. The molecule has 2 rings (SSSR count). The van der Waals surface area contributed by atoms with Gasteiger partial charge in [-0.25, -0.2) is 0 Å². The van der Waals surface area contributed by atoms with E-state index in [1.807, 2.05) is 11.3 Å². The van der Waals surface area contributed by atoms with Gasteiger partial charge in [-0.1, -0.05) is 0 Å². The van der Waals surface area contributed by atoms with Crippen LogP contribution in [0.1, 0.15) is 42.2 Å². The van der Waals surface area contributed by atoms with Crippen molar-refractivity contribution in [1.82, 2.24) is 0 Å². The summed E-state index contributed by atoms with van der Waals surface area (Å²) in [6.07, 6.45) is 7.72. The summed E-state index contributed by atoms with van der Waals surface area (Å²) in [6, 6.07) is 0.342. The van der Waals surface area contributed by atoms with E-state index in [9.17, 15) is 0 Å². The van der Waals surface area contributed by atoms with Crippen LogP contribution < -0.4 is 5.73 Å². The first-order valence-electron chi connectivity index (χ1n) is 5.61. The Bertz CT molecular complexity index is 301. The zero-order valence-corrected chi connectivity index (χ0v) is 9.70. The molecule has 0 aromatic carbocycles. The van der Waals surface area contributed by atoms with E-state index in [1.165, 1.54) is 32.1 Å². The number of hydrogen-bond acceptors (Lipinski definition) is 2. The van der Waals surface area contributed by atoms with Crippen LogP contribution in [0.25, 0.3) is 0 Å². The Kier molecular flexibility index (Phi) is 3.24. The lowest BCUT2D eigenvalue weighted by atomic mass is 9.93. The minimum atomic E-state index is 0.342. The third kappa shape index (κ3) is 2.18. The molecule has 1 aromatic rings. The summed E-state index contributed by atoms with van der Waals surface area (Å²) in [5.41, 5.74) is 9.04. The predicted octanol–water partition coefficient (Wildman–Crippen LogP) is 2.91. The second kappa shape index (κ2) is 4.45. The second-order valence-electron chi connectivity index (χ2n) is 4.39. The summed E-state index contributed by atoms with van der Waals surface area (Å²) in [5.74, 6) is 0. The van der Waals surface area contributed by atoms with Gasteiger partial charge >= 0.3 is 0 Å². The van der Waals surface area contributed by atoms with Gasteiger partial charge in [-0.15, -0.1) is 11.3 Å². The molecule has 0 unspecified atom stereocenters. The molecule has 0 fully saturated rings. The molecule has 2 heteroatoms. The van der Waals surface area contributed by atoms with Crippen molar-refractivity contribution in [3.8, 4) is 0 Å². The van der Waals surface area contributed by atoms with Crippen LogP contribution in [-0.4, -0.2) is 6.04 Å². The summed E-state index contributed by atoms with van der Waals surface area (Å²) in [6.45, 7) is 2.10. The highest BCUT2D eigenvalue weighted by molar-refractivity contribution is 7.10. The number of rotatable bonds is 3. The summed E-state index contributed by atoms with van der Waals surface area (Å²) < 4.78 is 0. The first kappa shape index (κ1) is 10.2. The maximum atomic E-state index is 5.79. The summed E-state index contributed by atoms with van der Waals surface area (Å²) >= 11 is 1.96. The zero-order chi connectivity index (χ0) is 9.97. The third-order valence-electron chi connectivity index (χ3n) is 3.02. The van der Waals surface area contributed by atoms with Crippen molar-refractivity contribution in [3.63, 3.8) is 0 Å². The fraction of sp³-hybridized carbons (Fsp3) is 0.667. The van der Waals surface area contributed by atoms with Gasteiger partial charge in [0.25, 0.3) is 0 Å². The fourth-order valence-electron chi connectivity index (χ4n) is 2.15. The van der Waals surface area contributed by atoms with Gasteiger partial charge in [0.05, 0.1) is 0 Å². The fourth-order valence-corrected chi connectivity index (χ4v) is 3.34. The van der Waals surface area contributed by atoms with Gasteiger partial charge in [-0.05, 0) is 62.0 Å². The number of thiophene rings is 1. The molecule has 1 aliphatic rings. The van der Waals surface area contributed by atoms with Crippen LogP contribution in [0.5, 0.6) is 0 Å². The van der Waals surface area contributed by atoms with Gasteiger partial charge < -0.3 is 5.73 Å². The van der Waals surface area contributed by atoms with E-state index in [-0.39, 0.29) is 0 Å². The van der Waals surface area contributed by atoms with E-state index in [4.69, 9.17) is 5.73 Å². The zero-order valence-electron chi connectivity index (χ0n) is 8.88. The van der Waals surface area contributed by atoms with Crippen LogP contribution in [-0.2, 0) is 19.3 Å². The number of nitrogens with two attached hydrogens (primary N) is 1. The lowest BCUT2D eigenvalue weighted by Crippen LogP contribution is -2.15. The monoisotopic (exact) mass is 209 g/mol. The Morgan fingerprint density at radius 1 is 1.43 bits per heavy atom. The van der Waals surface area contributed by atoms with Crippen molar-refractivity contribution < 1.29 is 0 Å². The Morgan fingerprint density at radius 3 is 3.00 bits per heavy atom. The Balaban J connectivity index is 2.06. The lowest BCUT2D eigenvalue weighted by Gasteiger charge is -2.13. The van der Waals surface area contributed by atoms with Crippen LogP contribution in [0.15, 0.2) is 5.38 Å². The summed E-state index contributed by atoms with van der Waals surface area (Å²) in [4.78, 5) is 1.65. The van der Waals surface area contributed by atoms with Gasteiger partial charge in [-0.2, -0.15) is 0 Å². The molecule has 0 bridgehead atoms. The van der Waals surface area contributed by atoms with Crippen molar-refractivity contribution in [2.75, 3.05) is 0 Å². The minimum absolute atomic E-state index is 0.342. The molecule has 1 heterocycles. The maximum Gasteiger partial charge on any atom is 0.00800 e. The molecular formula is C12H19NS. The van der Waals surface area contributed by atoms with E-state index in [1.54, 1.807) is 16.0 Å². The standard InChI is InChI=1S/C12H19NS/c1-9(13)6-7-10-8-14-12-5-3-2-4-11(10)12/h8-9H,2-7,13H2,1H3/t9-/m1/s1. The van der Waals surface area contributed by atoms with Gasteiger partial charge in [-0.3, -0.25) is 0 Å². The SMILES string of the molecule is C[C@@H](N)CCc1csc2c1CCCC2. The van der Waals surface area contributed by atoms with Crippen LogP contribution in [0.3, 0.4) is 0 Å². The molecule has 1 aliphatic carbocycles. The molecule has 0 aliphatic heterocycles. The van der Waals surface area contributed by atoms with Crippen molar-refractivity contribution in [3.05, 3.63) is 21.4 Å². The van der Waals surface area contributed by atoms with Crippen molar-refractivity contribution in [2.24, 2.45) is 5.73 Å². The van der Waals surface area contributed by atoms with Crippen molar-refractivity contribution in [1.29, 1.82) is 0 Å². The summed E-state index contributed by atoms with van der Waals surface area (Å²) in [5, 5.41) is 2.36. The molecule has 0 saturated carbocycles. The largest absolute Gasteiger partial charge is 0.328 e. The van der Waals surface area contributed by atoms with E-state index < -0.39 is 0 Å². The molecule has 0 radical (unpaired) electrons. The molecule has 1 nitrogen and oxygen atoms in total. The van der Waals surface area contributed by atoms with E-state index in [2.05, 4.69) is 12.3 Å². The number of fused-ring (bicyclic) bond motifs is 1. The predicted molar refractivity (Wildman–Crippen MR) is 62.9 cm³/mol. The Labute approximate surface area is 90.3 Å². The highest BCUT2D eigenvalue weighted by atomic mass is 32.1. The van der Waals surface area contributed by atoms with E-state index >= 15 is 0 Å². The van der Waals surface area contributed by atoms with Crippen LogP contribution in [0.4, 0.5) is 0 Å². The highest BCUT2D eigenvalue weighted by Crippen LogP contribution is 2.30. The van der Waals surface area contributed by atoms with Crippen molar-refractivity contribution in [2.45, 2.75) is 51.5 Å². The molecule has 0 saturated heterocycles. The van der Waals surface area contributed by atoms with Crippen molar-refractivity contribution >= 4 is 11.3 Å². The molecule has 2 N–H and O–H groups in total. The Morgan fingerprint density at radius 2 is 2.21 bits per heavy atom. The van der Waals surface area contributed by atoms with Gasteiger partial charge in [0.2, 0.25) is 0 Å². The van der Waals surface area contributed by atoms with Crippen LogP contribution in [0, 0.1) is 0 Å². The van der Waals surface area contributed by atoms with Gasteiger partial charge in [0.15, 0.2) is 0 Å². The molecule has 14 heavy (non-hydrogen) atoms. The molecule has 78 valence electrons. The lowest BCUT2D eigenvalue weighted by molar-refractivity contribution is 0.651. The number of aryl methyl sites for hydroxylation is 2. The third-order valence-corrected chi connectivity index (χ3v) is 4.15. The second-order valence-corrected chi connectivity index (χ2v) is 5.35. The minimum Gasteiger partial charge on any atom is -0.328 e. The van der Waals surface area contributed by atoms with E-state index in [0.717, 1.165) is 6.42 Å². The van der Waals surface area contributed by atoms with E-state index in [0.29, 0.717) is 6.04 Å². The first-order chi connectivity index (χ1) is 6.77. The van der Waals surface area contributed by atoms with Gasteiger partial charge in [0, 0.05) is 10.9 Å². The average molecular weight is 209 g/mol. The molecule has 0 amide bonds.